The number of carbonyl (C=O) groups is 3. The van der Waals surface area contributed by atoms with Crippen molar-refractivity contribution in [1.29, 1.82) is 0 Å². The summed E-state index contributed by atoms with van der Waals surface area (Å²) >= 11 is 0.651. The first-order valence-electron chi connectivity index (χ1n) is 7.70. The molecule has 1 amide bonds. The minimum Gasteiger partial charge on any atom is -0.483 e. The Bertz CT molecular complexity index is 707. The van der Waals surface area contributed by atoms with Gasteiger partial charge in [0.05, 0.1) is 0 Å². The molecular weight excluding hydrogens is 364 g/mol. The predicted molar refractivity (Wildman–Crippen MR) is 93.1 cm³/mol. The van der Waals surface area contributed by atoms with Gasteiger partial charge < -0.3 is 19.7 Å². The van der Waals surface area contributed by atoms with Crippen molar-refractivity contribution in [2.45, 2.75) is 25.9 Å². The van der Waals surface area contributed by atoms with Crippen molar-refractivity contribution in [2.24, 2.45) is 0 Å². The number of ether oxygens (including phenoxy) is 2. The second-order valence-corrected chi connectivity index (χ2v) is 7.54. The maximum atomic E-state index is 12.3. The number of carbonyl (C=O) groups excluding carboxylic acids is 1. The summed E-state index contributed by atoms with van der Waals surface area (Å²) in [6, 6.07) is 5.24. The molecule has 0 atom stereocenters. The van der Waals surface area contributed by atoms with Gasteiger partial charge in [0.25, 0.3) is 0 Å². The van der Waals surface area contributed by atoms with Crippen LogP contribution >= 0.6 is 12.1 Å². The Morgan fingerprint density at radius 2 is 1.85 bits per heavy atom. The number of fused-ring (bicyclic) bond motifs is 1. The van der Waals surface area contributed by atoms with E-state index in [-0.39, 0.29) is 5.75 Å². The van der Waals surface area contributed by atoms with E-state index in [2.05, 4.69) is 0 Å². The number of amides is 1. The van der Waals surface area contributed by atoms with Crippen LogP contribution in [0.15, 0.2) is 18.2 Å². The summed E-state index contributed by atoms with van der Waals surface area (Å²) in [4.78, 5) is 33.9. The summed E-state index contributed by atoms with van der Waals surface area (Å²) in [7, 11) is 1.36. The quantitative estimate of drug-likeness (QED) is 0.679. The molecule has 1 aromatic carbocycles. The van der Waals surface area contributed by atoms with Gasteiger partial charge in [-0.15, -0.1) is 0 Å². The number of nitrogens with zero attached hydrogens (tertiary/aromatic N) is 2. The van der Waals surface area contributed by atoms with Gasteiger partial charge in [-0.25, -0.2) is 13.4 Å². The van der Waals surface area contributed by atoms with Crippen LogP contribution < -0.4 is 9.47 Å². The van der Waals surface area contributed by atoms with E-state index in [1.165, 1.54) is 7.05 Å². The van der Waals surface area contributed by atoms with Gasteiger partial charge >= 0.3 is 18.0 Å². The lowest BCUT2D eigenvalue weighted by molar-refractivity contribution is -0.139. The second-order valence-electron chi connectivity index (χ2n) is 6.32. The Morgan fingerprint density at radius 1 is 1.23 bits per heavy atom. The van der Waals surface area contributed by atoms with Gasteiger partial charge in [-0.3, -0.25) is 9.59 Å². The SMILES string of the molecule is CN(SN(CC(=O)O)CC(=O)O)C(=O)Oc1cccc2c1OC(C)(C)C2. The maximum absolute atomic E-state index is 12.3. The zero-order chi connectivity index (χ0) is 19.5. The number of aliphatic carboxylic acids is 2. The first-order valence-corrected chi connectivity index (χ1v) is 8.43. The number of rotatable bonds is 7. The Labute approximate surface area is 154 Å². The number of hydrogen-bond donors (Lipinski definition) is 2. The standard InChI is InChI=1S/C16H20N2O7S/c1-16(2)7-10-5-4-6-11(14(10)25-16)24-15(23)17(3)26-18(8-12(19)20)9-13(21)22/h4-6H,7-9H2,1-3H3,(H,19,20)(H,21,22). The van der Waals surface area contributed by atoms with E-state index in [0.29, 0.717) is 24.3 Å². The van der Waals surface area contributed by atoms with Crippen LogP contribution in [-0.2, 0) is 16.0 Å². The molecule has 0 radical (unpaired) electrons. The summed E-state index contributed by atoms with van der Waals surface area (Å²) in [5, 5.41) is 17.7. The normalized spacial score (nSPS) is 14.5. The van der Waals surface area contributed by atoms with E-state index in [1.54, 1.807) is 12.1 Å². The molecule has 10 heteroatoms. The molecule has 1 aliphatic rings. The predicted octanol–water partition coefficient (Wildman–Crippen LogP) is 1.87. The van der Waals surface area contributed by atoms with Crippen molar-refractivity contribution in [1.82, 2.24) is 8.61 Å². The van der Waals surface area contributed by atoms with Crippen LogP contribution in [0.5, 0.6) is 11.5 Å². The zero-order valence-corrected chi connectivity index (χ0v) is 15.4. The Hall–Kier alpha value is -2.46. The maximum Gasteiger partial charge on any atom is 0.426 e. The number of carboxylic acids is 2. The number of hydrogen-bond acceptors (Lipinski definition) is 7. The first-order chi connectivity index (χ1) is 12.1. The average molecular weight is 384 g/mol. The van der Waals surface area contributed by atoms with E-state index in [4.69, 9.17) is 19.7 Å². The van der Waals surface area contributed by atoms with Crippen molar-refractivity contribution < 1.29 is 34.1 Å². The molecule has 1 aliphatic heterocycles. The summed E-state index contributed by atoms with van der Waals surface area (Å²) in [5.41, 5.74) is 0.527. The summed E-state index contributed by atoms with van der Waals surface area (Å²) in [6.45, 7) is 2.76. The number of para-hydroxylation sites is 1. The smallest absolute Gasteiger partial charge is 0.426 e. The highest BCUT2D eigenvalue weighted by Gasteiger charge is 2.33. The van der Waals surface area contributed by atoms with E-state index in [0.717, 1.165) is 14.2 Å². The first kappa shape index (κ1) is 19.9. The molecule has 1 heterocycles. The van der Waals surface area contributed by atoms with Crippen LogP contribution in [-0.4, -0.2) is 62.6 Å². The molecule has 9 nitrogen and oxygen atoms in total. The minimum absolute atomic E-state index is 0.258. The molecule has 1 aromatic rings. The summed E-state index contributed by atoms with van der Waals surface area (Å²) < 4.78 is 13.2. The molecule has 0 aromatic heterocycles. The Morgan fingerprint density at radius 3 is 2.42 bits per heavy atom. The third-order valence-electron chi connectivity index (χ3n) is 3.37. The highest BCUT2D eigenvalue weighted by Crippen LogP contribution is 2.42. The van der Waals surface area contributed by atoms with Gasteiger partial charge in [0.1, 0.15) is 18.7 Å². The molecule has 0 fully saturated rings. The van der Waals surface area contributed by atoms with Crippen molar-refractivity contribution in [2.75, 3.05) is 20.1 Å². The molecule has 0 bridgehead atoms. The number of benzene rings is 1. The fraction of sp³-hybridized carbons (Fsp3) is 0.438. The second kappa shape index (κ2) is 7.83. The Kier molecular flexibility index (Phi) is 5.98. The summed E-state index contributed by atoms with van der Waals surface area (Å²) in [5.74, 6) is -1.67. The highest BCUT2D eigenvalue weighted by molar-refractivity contribution is 7.95. The van der Waals surface area contributed by atoms with Crippen LogP contribution in [0.4, 0.5) is 4.79 Å². The van der Waals surface area contributed by atoms with Gasteiger partial charge in [0.2, 0.25) is 0 Å². The topological polar surface area (TPSA) is 117 Å². The van der Waals surface area contributed by atoms with Gasteiger partial charge in [0, 0.05) is 31.2 Å². The molecule has 0 saturated heterocycles. The van der Waals surface area contributed by atoms with Crippen molar-refractivity contribution >= 4 is 30.2 Å². The Balaban J connectivity index is 2.05. The minimum atomic E-state index is -1.21. The lowest BCUT2D eigenvalue weighted by atomic mass is 10.0. The molecule has 2 N–H and O–H groups in total. The molecule has 0 aliphatic carbocycles. The van der Waals surface area contributed by atoms with Crippen molar-refractivity contribution in [3.8, 4) is 11.5 Å². The van der Waals surface area contributed by atoms with Crippen molar-refractivity contribution in [3.63, 3.8) is 0 Å². The summed E-state index contributed by atoms with van der Waals surface area (Å²) in [6.07, 6.45) is -0.0963. The van der Waals surface area contributed by atoms with Crippen LogP contribution in [0, 0.1) is 0 Å². The van der Waals surface area contributed by atoms with E-state index < -0.39 is 36.7 Å². The molecule has 0 unspecified atom stereocenters. The third kappa shape index (κ3) is 5.27. The molecular formula is C16H20N2O7S. The average Bonchev–Trinajstić information content (AvgIpc) is 2.80. The molecule has 0 saturated carbocycles. The molecule has 0 spiro atoms. The number of carboxylic acid groups (broad SMARTS) is 2. The lowest BCUT2D eigenvalue weighted by Gasteiger charge is -2.23. The molecule has 26 heavy (non-hydrogen) atoms. The van der Waals surface area contributed by atoms with Gasteiger partial charge in [0.15, 0.2) is 11.5 Å². The molecule has 2 rings (SSSR count). The van der Waals surface area contributed by atoms with Gasteiger partial charge in [-0.05, 0) is 19.9 Å². The van der Waals surface area contributed by atoms with Crippen LogP contribution in [0.1, 0.15) is 19.4 Å². The highest BCUT2D eigenvalue weighted by atomic mass is 32.2. The largest absolute Gasteiger partial charge is 0.483 e. The van der Waals surface area contributed by atoms with Crippen LogP contribution in [0.25, 0.3) is 0 Å². The molecule has 142 valence electrons. The van der Waals surface area contributed by atoms with E-state index in [9.17, 15) is 14.4 Å². The van der Waals surface area contributed by atoms with Gasteiger partial charge in [-0.2, -0.15) is 0 Å². The van der Waals surface area contributed by atoms with Gasteiger partial charge in [-0.1, -0.05) is 12.1 Å². The monoisotopic (exact) mass is 384 g/mol. The lowest BCUT2D eigenvalue weighted by Crippen LogP contribution is -2.35. The van der Waals surface area contributed by atoms with Crippen LogP contribution in [0.2, 0.25) is 0 Å². The fourth-order valence-corrected chi connectivity index (χ4v) is 3.23. The zero-order valence-electron chi connectivity index (χ0n) is 14.6. The third-order valence-corrected chi connectivity index (χ3v) is 4.25. The fourth-order valence-electron chi connectivity index (χ4n) is 2.45. The van der Waals surface area contributed by atoms with E-state index >= 15 is 0 Å². The van der Waals surface area contributed by atoms with Crippen LogP contribution in [0.3, 0.4) is 0 Å². The van der Waals surface area contributed by atoms with E-state index in [1.807, 2.05) is 19.9 Å². The van der Waals surface area contributed by atoms with Crippen molar-refractivity contribution in [3.05, 3.63) is 23.8 Å².